The molecule has 0 radical (unpaired) electrons. The van der Waals surface area contributed by atoms with Crippen LogP contribution < -0.4 is 0 Å². The summed E-state index contributed by atoms with van der Waals surface area (Å²) in [5, 5.41) is 3.85. The van der Waals surface area contributed by atoms with Crippen LogP contribution in [0.4, 0.5) is 0 Å². The number of carbonyl (C=O) groups excluding carboxylic acids is 1. The zero-order valence-electron chi connectivity index (χ0n) is 16.6. The number of nitrogens with zero attached hydrogens (tertiary/aromatic N) is 3. The van der Waals surface area contributed by atoms with Crippen molar-refractivity contribution in [2.75, 3.05) is 12.8 Å². The van der Waals surface area contributed by atoms with Crippen LogP contribution in [-0.4, -0.2) is 48.2 Å². The quantitative estimate of drug-likeness (QED) is 0.733. The smallest absolute Gasteiger partial charge is 0.242 e. The van der Waals surface area contributed by atoms with Gasteiger partial charge in [-0.15, -0.1) is 0 Å². The second-order valence-corrected chi connectivity index (χ2v) is 9.89. The van der Waals surface area contributed by atoms with E-state index in [-0.39, 0.29) is 17.8 Å². The summed E-state index contributed by atoms with van der Waals surface area (Å²) in [6, 6.07) is 7.66. The lowest BCUT2D eigenvalue weighted by Crippen LogP contribution is -2.42. The average Bonchev–Trinajstić information content (AvgIpc) is 3.09. The molecule has 1 aromatic carbocycles. The highest BCUT2D eigenvalue weighted by molar-refractivity contribution is 7.91. The highest BCUT2D eigenvalue weighted by Crippen LogP contribution is 2.26. The first-order chi connectivity index (χ1) is 13.2. The summed E-state index contributed by atoms with van der Waals surface area (Å²) in [6.45, 7) is 4.18. The summed E-state index contributed by atoms with van der Waals surface area (Å²) in [5.41, 5.74) is 1.85. The molecule has 1 aromatic heterocycles. The maximum absolute atomic E-state index is 12.5. The lowest BCUT2D eigenvalue weighted by molar-refractivity contribution is -0.129. The molecule has 0 unspecified atom stereocenters. The molecule has 0 saturated heterocycles. The maximum Gasteiger partial charge on any atom is 0.242 e. The summed E-state index contributed by atoms with van der Waals surface area (Å²) in [7, 11) is -2.00. The Kier molecular flexibility index (Phi) is 6.17. The Morgan fingerprint density at radius 3 is 2.46 bits per heavy atom. The van der Waals surface area contributed by atoms with E-state index in [1.807, 2.05) is 31.2 Å². The van der Waals surface area contributed by atoms with Gasteiger partial charge in [-0.2, -0.15) is 4.98 Å². The molecule has 8 heteroatoms. The third-order valence-corrected chi connectivity index (χ3v) is 6.76. The van der Waals surface area contributed by atoms with Crippen molar-refractivity contribution in [3.8, 4) is 11.4 Å². The van der Waals surface area contributed by atoms with E-state index in [1.54, 1.807) is 11.9 Å². The monoisotopic (exact) mass is 405 g/mol. The first kappa shape index (κ1) is 20.5. The number of hydrogen-bond donors (Lipinski definition) is 0. The summed E-state index contributed by atoms with van der Waals surface area (Å²) in [5.74, 6) is -0.352. The molecule has 0 N–H and O–H groups in total. The molecule has 1 fully saturated rings. The normalized spacial score (nSPS) is 20.1. The Bertz CT molecular complexity index is 913. The molecule has 0 spiro atoms. The van der Waals surface area contributed by atoms with Crippen LogP contribution in [-0.2, 0) is 20.4 Å². The molecular weight excluding hydrogens is 378 g/mol. The fraction of sp³-hybridized carbons (Fsp3) is 0.550. The zero-order chi connectivity index (χ0) is 20.3. The standard InChI is InChI=1S/C20H27N3O4S/c1-14-4-8-16(9-5-14)20-21-18(27-22-20)12-28(25,26)13-19(24)23(3)17-10-6-15(2)7-11-17/h4-5,8-9,15,17H,6-7,10-13H2,1-3H3. The molecule has 2 aromatic rings. The van der Waals surface area contributed by atoms with Gasteiger partial charge in [-0.3, -0.25) is 4.79 Å². The Balaban J connectivity index is 1.60. The lowest BCUT2D eigenvalue weighted by atomic mass is 9.87. The molecular formula is C20H27N3O4S. The van der Waals surface area contributed by atoms with Gasteiger partial charge in [-0.05, 0) is 38.5 Å². The first-order valence-electron chi connectivity index (χ1n) is 9.59. The fourth-order valence-corrected chi connectivity index (χ4v) is 4.67. The van der Waals surface area contributed by atoms with Gasteiger partial charge in [0, 0.05) is 18.7 Å². The molecule has 1 saturated carbocycles. The molecule has 0 bridgehead atoms. The molecule has 152 valence electrons. The van der Waals surface area contributed by atoms with Gasteiger partial charge in [0.05, 0.1) is 0 Å². The molecule has 3 rings (SSSR count). The molecule has 7 nitrogen and oxygen atoms in total. The largest absolute Gasteiger partial charge is 0.342 e. The van der Waals surface area contributed by atoms with Crippen LogP contribution in [0.15, 0.2) is 28.8 Å². The van der Waals surface area contributed by atoms with E-state index in [1.165, 1.54) is 0 Å². The second-order valence-electron chi connectivity index (χ2n) is 7.83. The van der Waals surface area contributed by atoms with Crippen LogP contribution in [0, 0.1) is 12.8 Å². The highest BCUT2D eigenvalue weighted by atomic mass is 32.2. The van der Waals surface area contributed by atoms with E-state index in [0.29, 0.717) is 11.7 Å². The van der Waals surface area contributed by atoms with Crippen molar-refractivity contribution in [3.05, 3.63) is 35.7 Å². The van der Waals surface area contributed by atoms with Gasteiger partial charge < -0.3 is 9.42 Å². The molecule has 1 aliphatic rings. The van der Waals surface area contributed by atoms with Gasteiger partial charge in [-0.25, -0.2) is 8.42 Å². The topological polar surface area (TPSA) is 93.4 Å². The molecule has 1 amide bonds. The first-order valence-corrected chi connectivity index (χ1v) is 11.4. The Morgan fingerprint density at radius 2 is 1.82 bits per heavy atom. The van der Waals surface area contributed by atoms with Crippen LogP contribution in [0.5, 0.6) is 0 Å². The third kappa shape index (κ3) is 5.19. The van der Waals surface area contributed by atoms with Crippen molar-refractivity contribution in [1.29, 1.82) is 0 Å². The number of aryl methyl sites for hydroxylation is 1. The van der Waals surface area contributed by atoms with Crippen LogP contribution in [0.3, 0.4) is 0 Å². The van der Waals surface area contributed by atoms with Gasteiger partial charge in [0.1, 0.15) is 11.5 Å². The summed E-state index contributed by atoms with van der Waals surface area (Å²) >= 11 is 0. The summed E-state index contributed by atoms with van der Waals surface area (Å²) < 4.78 is 30.0. The van der Waals surface area contributed by atoms with Crippen molar-refractivity contribution >= 4 is 15.7 Å². The van der Waals surface area contributed by atoms with Gasteiger partial charge in [0.15, 0.2) is 9.84 Å². The number of amides is 1. The fourth-order valence-electron chi connectivity index (χ4n) is 3.50. The number of hydrogen-bond acceptors (Lipinski definition) is 6. The minimum atomic E-state index is -3.69. The minimum absolute atomic E-state index is 0.00230. The van der Waals surface area contributed by atoms with Crippen LogP contribution in [0.1, 0.15) is 44.1 Å². The Hall–Kier alpha value is -2.22. The SMILES string of the molecule is Cc1ccc(-c2noc(CS(=O)(=O)CC(=O)N(C)C3CCC(C)CC3)n2)cc1. The number of benzene rings is 1. The Morgan fingerprint density at radius 1 is 1.18 bits per heavy atom. The van der Waals surface area contributed by atoms with Gasteiger partial charge >= 0.3 is 0 Å². The van der Waals surface area contributed by atoms with Gasteiger partial charge in [0.2, 0.25) is 17.6 Å². The highest BCUT2D eigenvalue weighted by Gasteiger charge is 2.28. The maximum atomic E-state index is 12.5. The number of carbonyl (C=O) groups is 1. The Labute approximate surface area is 166 Å². The van der Waals surface area contributed by atoms with Crippen molar-refractivity contribution in [3.63, 3.8) is 0 Å². The van der Waals surface area contributed by atoms with Crippen molar-refractivity contribution in [2.45, 2.75) is 51.3 Å². The molecule has 0 aliphatic heterocycles. The van der Waals surface area contributed by atoms with Gasteiger partial charge in [-0.1, -0.05) is 41.9 Å². The minimum Gasteiger partial charge on any atom is -0.342 e. The molecule has 28 heavy (non-hydrogen) atoms. The number of rotatable bonds is 6. The molecule has 0 atom stereocenters. The second kappa shape index (κ2) is 8.43. The zero-order valence-corrected chi connectivity index (χ0v) is 17.4. The van der Waals surface area contributed by atoms with Crippen LogP contribution >= 0.6 is 0 Å². The molecule has 1 aliphatic carbocycles. The predicted molar refractivity (Wildman–Crippen MR) is 106 cm³/mol. The molecule has 1 heterocycles. The predicted octanol–water partition coefficient (Wildman–Crippen LogP) is 3.00. The summed E-state index contributed by atoms with van der Waals surface area (Å²) in [4.78, 5) is 18.2. The average molecular weight is 406 g/mol. The number of aromatic nitrogens is 2. The third-order valence-electron chi connectivity index (χ3n) is 5.39. The van der Waals surface area contributed by atoms with Crippen molar-refractivity contribution in [1.82, 2.24) is 15.0 Å². The van der Waals surface area contributed by atoms with E-state index >= 15 is 0 Å². The lowest BCUT2D eigenvalue weighted by Gasteiger charge is -2.33. The van der Waals surface area contributed by atoms with Crippen LogP contribution in [0.2, 0.25) is 0 Å². The van der Waals surface area contributed by atoms with Gasteiger partial charge in [0.25, 0.3) is 0 Å². The van der Waals surface area contributed by atoms with E-state index in [4.69, 9.17) is 4.52 Å². The van der Waals surface area contributed by atoms with E-state index < -0.39 is 21.3 Å². The number of sulfone groups is 1. The van der Waals surface area contributed by atoms with Crippen molar-refractivity contribution < 1.29 is 17.7 Å². The van der Waals surface area contributed by atoms with Crippen molar-refractivity contribution in [2.24, 2.45) is 5.92 Å². The van der Waals surface area contributed by atoms with E-state index in [0.717, 1.165) is 36.8 Å². The van der Waals surface area contributed by atoms with Crippen LogP contribution in [0.25, 0.3) is 11.4 Å². The summed E-state index contributed by atoms with van der Waals surface area (Å²) in [6.07, 6.45) is 3.98. The van der Waals surface area contributed by atoms with E-state index in [2.05, 4.69) is 17.1 Å². The van der Waals surface area contributed by atoms with E-state index in [9.17, 15) is 13.2 Å².